The van der Waals surface area contributed by atoms with Gasteiger partial charge in [0.2, 0.25) is 0 Å². The van der Waals surface area contributed by atoms with Crippen LogP contribution in [0.4, 0.5) is 5.69 Å². The fraction of sp³-hybridized carbons (Fsp3) is 0.417. The first-order valence-electron chi connectivity index (χ1n) is 5.36. The Balaban J connectivity index is 2.04. The molecule has 1 aromatic rings. The van der Waals surface area contributed by atoms with Crippen molar-refractivity contribution in [2.24, 2.45) is 0 Å². The van der Waals surface area contributed by atoms with Crippen LogP contribution >= 0.6 is 11.8 Å². The lowest BCUT2D eigenvalue weighted by Crippen LogP contribution is -2.19. The second-order valence-electron chi connectivity index (χ2n) is 4.11. The standard InChI is InChI=1S/C12H15NO2S/c1-8-5-11(7-16-8)13-10-4-2-3-9(6-10)12(14)15/h2-4,6,8,11,13H,5,7H2,1H3,(H,14,15). The number of carboxylic acids is 1. The van der Waals surface area contributed by atoms with E-state index >= 15 is 0 Å². The zero-order valence-electron chi connectivity index (χ0n) is 9.14. The first kappa shape index (κ1) is 11.3. The van der Waals surface area contributed by atoms with E-state index in [-0.39, 0.29) is 0 Å². The van der Waals surface area contributed by atoms with Crippen LogP contribution in [0.2, 0.25) is 0 Å². The average molecular weight is 237 g/mol. The zero-order chi connectivity index (χ0) is 11.5. The Morgan fingerprint density at radius 1 is 1.56 bits per heavy atom. The summed E-state index contributed by atoms with van der Waals surface area (Å²) in [5.41, 5.74) is 1.24. The number of hydrogen-bond donors (Lipinski definition) is 2. The highest BCUT2D eigenvalue weighted by Gasteiger charge is 2.21. The third-order valence-electron chi connectivity index (χ3n) is 2.68. The van der Waals surface area contributed by atoms with E-state index in [9.17, 15) is 4.79 Å². The van der Waals surface area contributed by atoms with E-state index in [1.807, 2.05) is 17.8 Å². The lowest BCUT2D eigenvalue weighted by molar-refractivity contribution is 0.0697. The monoisotopic (exact) mass is 237 g/mol. The molecule has 2 atom stereocenters. The van der Waals surface area contributed by atoms with Crippen LogP contribution in [0.5, 0.6) is 0 Å². The van der Waals surface area contributed by atoms with Crippen LogP contribution in [-0.2, 0) is 0 Å². The van der Waals surface area contributed by atoms with Gasteiger partial charge in [0.1, 0.15) is 0 Å². The summed E-state index contributed by atoms with van der Waals surface area (Å²) in [5.74, 6) is 0.219. The van der Waals surface area contributed by atoms with Gasteiger partial charge in [0.15, 0.2) is 0 Å². The normalized spacial score (nSPS) is 24.3. The van der Waals surface area contributed by atoms with Gasteiger partial charge >= 0.3 is 5.97 Å². The van der Waals surface area contributed by atoms with Gasteiger partial charge in [-0.1, -0.05) is 13.0 Å². The van der Waals surface area contributed by atoms with Crippen LogP contribution in [0.15, 0.2) is 24.3 Å². The van der Waals surface area contributed by atoms with E-state index in [0.29, 0.717) is 16.9 Å². The summed E-state index contributed by atoms with van der Waals surface area (Å²) in [6.07, 6.45) is 1.14. The second kappa shape index (κ2) is 4.78. The summed E-state index contributed by atoms with van der Waals surface area (Å²) in [4.78, 5) is 10.8. The number of benzene rings is 1. The maximum atomic E-state index is 10.8. The minimum absolute atomic E-state index is 0.337. The van der Waals surface area contributed by atoms with Crippen LogP contribution in [0.1, 0.15) is 23.7 Å². The average Bonchev–Trinajstić information content (AvgIpc) is 2.64. The van der Waals surface area contributed by atoms with Gasteiger partial charge < -0.3 is 10.4 Å². The van der Waals surface area contributed by atoms with Gasteiger partial charge in [-0.15, -0.1) is 0 Å². The van der Waals surface area contributed by atoms with Crippen LogP contribution < -0.4 is 5.32 Å². The van der Waals surface area contributed by atoms with Gasteiger partial charge in [-0.3, -0.25) is 0 Å². The maximum absolute atomic E-state index is 10.8. The highest BCUT2D eigenvalue weighted by Crippen LogP contribution is 2.28. The topological polar surface area (TPSA) is 49.3 Å². The fourth-order valence-electron chi connectivity index (χ4n) is 1.90. The predicted octanol–water partition coefficient (Wildman–Crippen LogP) is 2.69. The van der Waals surface area contributed by atoms with Crippen molar-refractivity contribution >= 4 is 23.4 Å². The van der Waals surface area contributed by atoms with Crippen LogP contribution in [-0.4, -0.2) is 28.1 Å². The molecule has 0 amide bonds. The Bertz CT molecular complexity index is 394. The summed E-state index contributed by atoms with van der Waals surface area (Å²) >= 11 is 1.96. The number of nitrogens with one attached hydrogen (secondary N) is 1. The third-order valence-corrected chi connectivity index (χ3v) is 4.03. The molecule has 2 rings (SSSR count). The molecule has 0 aromatic heterocycles. The molecule has 0 spiro atoms. The molecule has 1 fully saturated rings. The SMILES string of the molecule is CC1CC(Nc2cccc(C(=O)O)c2)CS1. The molecule has 1 aliphatic heterocycles. The van der Waals surface area contributed by atoms with Crippen molar-refractivity contribution in [2.75, 3.05) is 11.1 Å². The maximum Gasteiger partial charge on any atom is 0.335 e. The molecule has 1 aliphatic rings. The minimum atomic E-state index is -0.877. The largest absolute Gasteiger partial charge is 0.478 e. The van der Waals surface area contributed by atoms with Gasteiger partial charge in [-0.25, -0.2) is 4.79 Å². The van der Waals surface area contributed by atoms with Crippen molar-refractivity contribution in [3.8, 4) is 0 Å². The molecule has 86 valence electrons. The van der Waals surface area contributed by atoms with Crippen molar-refractivity contribution in [3.63, 3.8) is 0 Å². The molecule has 1 heterocycles. The molecule has 0 saturated carbocycles. The molecule has 16 heavy (non-hydrogen) atoms. The number of anilines is 1. The Morgan fingerprint density at radius 2 is 2.38 bits per heavy atom. The highest BCUT2D eigenvalue weighted by atomic mass is 32.2. The predicted molar refractivity (Wildman–Crippen MR) is 67.3 cm³/mol. The minimum Gasteiger partial charge on any atom is -0.478 e. The third kappa shape index (κ3) is 2.70. The molecule has 2 N–H and O–H groups in total. The summed E-state index contributed by atoms with van der Waals surface area (Å²) < 4.78 is 0. The molecule has 2 unspecified atom stereocenters. The van der Waals surface area contributed by atoms with Crippen molar-refractivity contribution in [3.05, 3.63) is 29.8 Å². The van der Waals surface area contributed by atoms with Crippen molar-refractivity contribution in [1.29, 1.82) is 0 Å². The first-order valence-corrected chi connectivity index (χ1v) is 6.41. The Labute approximate surface area is 99.2 Å². The molecule has 0 aliphatic carbocycles. The molecular formula is C12H15NO2S. The summed E-state index contributed by atoms with van der Waals surface area (Å²) in [7, 11) is 0. The Hall–Kier alpha value is -1.16. The second-order valence-corrected chi connectivity index (χ2v) is 5.58. The first-order chi connectivity index (χ1) is 7.65. The van der Waals surface area contributed by atoms with E-state index in [2.05, 4.69) is 12.2 Å². The number of hydrogen-bond acceptors (Lipinski definition) is 3. The summed E-state index contributed by atoms with van der Waals surface area (Å²) in [5, 5.41) is 13.0. The zero-order valence-corrected chi connectivity index (χ0v) is 9.96. The number of carboxylic acid groups (broad SMARTS) is 1. The summed E-state index contributed by atoms with van der Waals surface area (Å²) in [6, 6.07) is 7.46. The molecule has 4 heteroatoms. The number of rotatable bonds is 3. The Kier molecular flexibility index (Phi) is 3.39. The smallest absolute Gasteiger partial charge is 0.335 e. The van der Waals surface area contributed by atoms with Crippen molar-refractivity contribution < 1.29 is 9.90 Å². The van der Waals surface area contributed by atoms with Crippen LogP contribution in [0, 0.1) is 0 Å². The number of carbonyl (C=O) groups is 1. The molecule has 3 nitrogen and oxygen atoms in total. The van der Waals surface area contributed by atoms with Gasteiger partial charge in [-0.2, -0.15) is 11.8 Å². The van der Waals surface area contributed by atoms with Crippen molar-refractivity contribution in [2.45, 2.75) is 24.6 Å². The van der Waals surface area contributed by atoms with Crippen LogP contribution in [0.25, 0.3) is 0 Å². The quantitative estimate of drug-likeness (QED) is 0.848. The number of aromatic carboxylic acids is 1. The lowest BCUT2D eigenvalue weighted by atomic mass is 10.1. The van der Waals surface area contributed by atoms with E-state index in [4.69, 9.17) is 5.11 Å². The van der Waals surface area contributed by atoms with E-state index in [1.54, 1.807) is 18.2 Å². The van der Waals surface area contributed by atoms with E-state index < -0.39 is 5.97 Å². The molecule has 1 saturated heterocycles. The molecule has 1 aromatic carbocycles. The summed E-state index contributed by atoms with van der Waals surface area (Å²) in [6.45, 7) is 2.22. The molecular weight excluding hydrogens is 222 g/mol. The lowest BCUT2D eigenvalue weighted by Gasteiger charge is -2.13. The van der Waals surface area contributed by atoms with Crippen LogP contribution in [0.3, 0.4) is 0 Å². The Morgan fingerprint density at radius 3 is 3.00 bits per heavy atom. The van der Waals surface area contributed by atoms with Gasteiger partial charge in [0, 0.05) is 22.7 Å². The van der Waals surface area contributed by atoms with E-state index in [0.717, 1.165) is 17.9 Å². The molecule has 0 radical (unpaired) electrons. The van der Waals surface area contributed by atoms with Crippen molar-refractivity contribution in [1.82, 2.24) is 0 Å². The van der Waals surface area contributed by atoms with E-state index in [1.165, 1.54) is 0 Å². The highest BCUT2D eigenvalue weighted by molar-refractivity contribution is 8.00. The van der Waals surface area contributed by atoms with Gasteiger partial charge in [0.05, 0.1) is 5.56 Å². The van der Waals surface area contributed by atoms with Gasteiger partial charge in [0.25, 0.3) is 0 Å². The fourth-order valence-corrected chi connectivity index (χ4v) is 3.04. The molecule has 0 bridgehead atoms. The number of thioether (sulfide) groups is 1. The van der Waals surface area contributed by atoms with Gasteiger partial charge in [-0.05, 0) is 24.6 Å².